The van der Waals surface area contributed by atoms with Crippen LogP contribution in [0.5, 0.6) is 0 Å². The van der Waals surface area contributed by atoms with Crippen molar-refractivity contribution in [3.05, 3.63) is 151 Å². The minimum Gasteiger partial charge on any atom is -0.463 e. The molecule has 0 unspecified atom stereocenters. The third-order valence-electron chi connectivity index (χ3n) is 7.42. The van der Waals surface area contributed by atoms with Gasteiger partial charge in [0.25, 0.3) is 0 Å². The van der Waals surface area contributed by atoms with Gasteiger partial charge >= 0.3 is 19.5 Å². The summed E-state index contributed by atoms with van der Waals surface area (Å²) in [7, 11) is -7.41. The van der Waals surface area contributed by atoms with Crippen molar-refractivity contribution >= 4 is 79.2 Å². The summed E-state index contributed by atoms with van der Waals surface area (Å²) in [5.41, 5.74) is 5.05. The average Bonchev–Trinajstić information content (AvgIpc) is 3.07. The fourth-order valence-corrected chi connectivity index (χ4v) is 5.80. The standard InChI is InChI=1S/2C18H16N2O4S.2ClH.Zn/c2*1-12-2-7-17-16(8-12)18(21)14(11-24-17)10-20-9-13-3-5-15(6-4-13)25(19,22)23;;;/h2*2-8,10-11H,9H2,1H3,(H2,19,22,23);2*1H;/q;;;;+2. The summed E-state index contributed by atoms with van der Waals surface area (Å²) < 4.78 is 55.8. The van der Waals surface area contributed by atoms with E-state index in [-0.39, 0.29) is 64.9 Å². The number of nitrogens with zero attached hydrogens (tertiary/aromatic N) is 2. The van der Waals surface area contributed by atoms with Crippen LogP contribution in [0, 0.1) is 13.8 Å². The number of aryl methyl sites for hydroxylation is 2. The first-order valence-electron chi connectivity index (χ1n) is 15.0. The SMILES string of the molecule is Cc1ccc2occ(C=NCc3ccc(S(N)(=O)=O)cc3)c(=O)c2c1.Cc1ccc2occ(C=NCc3ccc(S(N)(=O)=O)cc3)c(=O)c2c1.Cl.Cl.[Zn+2]. The predicted octanol–water partition coefficient (Wildman–Crippen LogP) is 5.58. The molecule has 0 spiro atoms. The molecule has 0 fully saturated rings. The molecule has 0 bridgehead atoms. The molecule has 0 saturated carbocycles. The zero-order valence-corrected chi connectivity index (χ0v) is 34.7. The second-order valence-electron chi connectivity index (χ2n) is 11.4. The van der Waals surface area contributed by atoms with E-state index in [0.717, 1.165) is 22.3 Å². The van der Waals surface area contributed by atoms with Crippen LogP contribution in [-0.4, -0.2) is 29.3 Å². The summed E-state index contributed by atoms with van der Waals surface area (Å²) in [6.07, 6.45) is 5.68. The molecule has 0 aliphatic rings. The van der Waals surface area contributed by atoms with Gasteiger partial charge in [0.2, 0.25) is 30.9 Å². The van der Waals surface area contributed by atoms with Crippen molar-refractivity contribution in [3.63, 3.8) is 0 Å². The van der Waals surface area contributed by atoms with Gasteiger partial charge in [0.05, 0.1) is 44.8 Å². The maximum absolute atomic E-state index is 12.4. The molecule has 0 aliphatic heterocycles. The molecule has 0 saturated heterocycles. The largest absolute Gasteiger partial charge is 2.00 e. The summed E-state index contributed by atoms with van der Waals surface area (Å²) in [5, 5.41) is 11.1. The van der Waals surface area contributed by atoms with Gasteiger partial charge in [0.15, 0.2) is 0 Å². The van der Waals surface area contributed by atoms with Crippen molar-refractivity contribution in [2.24, 2.45) is 20.3 Å². The van der Waals surface area contributed by atoms with E-state index in [2.05, 4.69) is 9.98 Å². The van der Waals surface area contributed by atoms with Crippen molar-refractivity contribution in [2.45, 2.75) is 36.7 Å². The van der Waals surface area contributed by atoms with Crippen molar-refractivity contribution < 1.29 is 45.1 Å². The normalized spacial score (nSPS) is 11.4. The smallest absolute Gasteiger partial charge is 0.463 e. The Balaban J connectivity index is 0.000000347. The number of fused-ring (bicyclic) bond motifs is 2. The van der Waals surface area contributed by atoms with Gasteiger partial charge in [-0.05, 0) is 73.5 Å². The van der Waals surface area contributed by atoms with E-state index in [0.29, 0.717) is 46.2 Å². The van der Waals surface area contributed by atoms with Gasteiger partial charge < -0.3 is 8.83 Å². The summed E-state index contributed by atoms with van der Waals surface area (Å²) >= 11 is 0. The number of rotatable bonds is 8. The van der Waals surface area contributed by atoms with E-state index < -0.39 is 20.0 Å². The Morgan fingerprint density at radius 2 is 0.925 bits per heavy atom. The molecule has 6 aromatic rings. The molecule has 0 aliphatic carbocycles. The first-order chi connectivity index (χ1) is 23.7. The van der Waals surface area contributed by atoms with E-state index >= 15 is 0 Å². The molecule has 4 aromatic carbocycles. The van der Waals surface area contributed by atoms with Gasteiger partial charge in [0.1, 0.15) is 23.7 Å². The zero-order valence-electron chi connectivity index (χ0n) is 28.5. The Labute approximate surface area is 330 Å². The van der Waals surface area contributed by atoms with E-state index in [1.807, 2.05) is 26.0 Å². The summed E-state index contributed by atoms with van der Waals surface area (Å²) in [6, 6.07) is 23.1. The molecule has 0 radical (unpaired) electrons. The average molecular weight is 851 g/mol. The fraction of sp³-hybridized carbons (Fsp3) is 0.111. The van der Waals surface area contributed by atoms with E-state index in [1.54, 1.807) is 48.5 Å². The maximum Gasteiger partial charge on any atom is 2.00 e. The minimum absolute atomic E-state index is 0. The molecule has 4 N–H and O–H groups in total. The number of hydrogen-bond acceptors (Lipinski definition) is 10. The van der Waals surface area contributed by atoms with Crippen LogP contribution in [0.25, 0.3) is 21.9 Å². The van der Waals surface area contributed by atoms with Gasteiger partial charge in [-0.1, -0.05) is 47.5 Å². The molecule has 53 heavy (non-hydrogen) atoms. The van der Waals surface area contributed by atoms with Gasteiger partial charge in [0, 0.05) is 12.4 Å². The predicted molar refractivity (Wildman–Crippen MR) is 207 cm³/mol. The molecular weight excluding hydrogens is 817 g/mol. The Hall–Kier alpha value is -4.34. The zero-order chi connectivity index (χ0) is 36.1. The minimum atomic E-state index is -3.71. The van der Waals surface area contributed by atoms with Crippen LogP contribution in [0.3, 0.4) is 0 Å². The van der Waals surface area contributed by atoms with Crippen LogP contribution in [0.2, 0.25) is 0 Å². The Kier molecular flexibility index (Phi) is 16.2. The third-order valence-corrected chi connectivity index (χ3v) is 9.28. The molecule has 2 aromatic heterocycles. The van der Waals surface area contributed by atoms with Gasteiger partial charge in [-0.25, -0.2) is 27.1 Å². The first kappa shape index (κ1) is 44.8. The van der Waals surface area contributed by atoms with Crippen molar-refractivity contribution in [2.75, 3.05) is 0 Å². The van der Waals surface area contributed by atoms with Crippen LogP contribution in [0.15, 0.2) is 136 Å². The van der Waals surface area contributed by atoms with E-state index in [1.165, 1.54) is 49.2 Å². The summed E-state index contributed by atoms with van der Waals surface area (Å²) in [5.74, 6) is 0. The van der Waals surface area contributed by atoms with Gasteiger partial charge in [-0.2, -0.15) is 0 Å². The summed E-state index contributed by atoms with van der Waals surface area (Å²) in [4.78, 5) is 33.4. The first-order valence-corrected chi connectivity index (χ1v) is 18.1. The third kappa shape index (κ3) is 11.8. The monoisotopic (exact) mass is 848 g/mol. The number of benzene rings is 4. The molecule has 0 atom stereocenters. The Morgan fingerprint density at radius 1 is 0.585 bits per heavy atom. The van der Waals surface area contributed by atoms with Gasteiger partial charge in [-0.15, -0.1) is 24.8 Å². The van der Waals surface area contributed by atoms with Crippen LogP contribution >= 0.6 is 24.8 Å². The molecular formula is C36H34Cl2N4O8S2Zn+2. The number of halogens is 2. The number of sulfonamides is 2. The van der Waals surface area contributed by atoms with Gasteiger partial charge in [-0.3, -0.25) is 19.6 Å². The van der Waals surface area contributed by atoms with Crippen molar-refractivity contribution in [3.8, 4) is 0 Å². The second kappa shape index (κ2) is 19.1. The fourth-order valence-electron chi connectivity index (χ4n) is 4.77. The second-order valence-corrected chi connectivity index (χ2v) is 14.5. The Morgan fingerprint density at radius 3 is 1.25 bits per heavy atom. The van der Waals surface area contributed by atoms with Crippen LogP contribution in [0.4, 0.5) is 0 Å². The quantitative estimate of drug-likeness (QED) is 0.146. The number of aliphatic imine (C=N–C) groups is 2. The maximum atomic E-state index is 12.4. The molecule has 2 heterocycles. The van der Waals surface area contributed by atoms with Crippen molar-refractivity contribution in [1.29, 1.82) is 0 Å². The van der Waals surface area contributed by atoms with Crippen LogP contribution in [0.1, 0.15) is 33.4 Å². The summed E-state index contributed by atoms with van der Waals surface area (Å²) in [6.45, 7) is 4.42. The number of hydrogen-bond donors (Lipinski definition) is 2. The molecule has 6 rings (SSSR count). The topological polar surface area (TPSA) is 205 Å². The van der Waals surface area contributed by atoms with E-state index in [9.17, 15) is 26.4 Å². The Bertz CT molecular complexity index is 2430. The molecule has 0 amide bonds. The van der Waals surface area contributed by atoms with E-state index in [4.69, 9.17) is 19.1 Å². The van der Waals surface area contributed by atoms with Crippen LogP contribution < -0.4 is 21.1 Å². The number of primary sulfonamides is 2. The molecule has 272 valence electrons. The van der Waals surface area contributed by atoms with Crippen molar-refractivity contribution in [1.82, 2.24) is 0 Å². The van der Waals surface area contributed by atoms with Crippen LogP contribution in [-0.2, 0) is 52.6 Å². The molecule has 17 heteroatoms. The molecule has 12 nitrogen and oxygen atoms in total. The number of nitrogens with two attached hydrogens (primary N) is 2.